The fourth-order valence-electron chi connectivity index (χ4n) is 1.88. The van der Waals surface area contributed by atoms with Crippen molar-refractivity contribution in [2.75, 3.05) is 6.54 Å². The van der Waals surface area contributed by atoms with Crippen LogP contribution in [0.2, 0.25) is 0 Å². The van der Waals surface area contributed by atoms with Gasteiger partial charge in [0, 0.05) is 18.1 Å². The highest BCUT2D eigenvalue weighted by molar-refractivity contribution is 7.09. The Morgan fingerprint density at radius 3 is 3.18 bits per heavy atom. The summed E-state index contributed by atoms with van der Waals surface area (Å²) < 4.78 is 5.41. The van der Waals surface area contributed by atoms with Gasteiger partial charge in [-0.25, -0.2) is 9.78 Å². The number of carbonyl (C=O) groups is 1. The first kappa shape index (κ1) is 12.5. The average molecular weight is 256 g/mol. The normalized spacial score (nSPS) is 25.9. The molecule has 2 rings (SSSR count). The molecule has 6 heteroatoms. The van der Waals surface area contributed by atoms with Gasteiger partial charge in [-0.2, -0.15) is 0 Å². The van der Waals surface area contributed by atoms with Crippen LogP contribution in [0.4, 0.5) is 0 Å². The first-order chi connectivity index (χ1) is 8.16. The highest BCUT2D eigenvalue weighted by Gasteiger charge is 2.30. The zero-order valence-electron chi connectivity index (χ0n) is 9.63. The maximum Gasteiger partial charge on any atom is 0.332 e. The molecule has 0 saturated carbocycles. The Hall–Kier alpha value is -0.980. The highest BCUT2D eigenvalue weighted by Crippen LogP contribution is 2.21. The molecule has 0 bridgehead atoms. The highest BCUT2D eigenvalue weighted by atomic mass is 32.1. The van der Waals surface area contributed by atoms with E-state index in [9.17, 15) is 4.79 Å². The van der Waals surface area contributed by atoms with E-state index < -0.39 is 12.1 Å². The number of ether oxygens (including phenoxy) is 1. The number of rotatable bonds is 5. The maximum atomic E-state index is 10.7. The molecule has 1 aromatic heterocycles. The van der Waals surface area contributed by atoms with Crippen LogP contribution in [-0.4, -0.2) is 34.8 Å². The fraction of sp³-hybridized carbons (Fsp3) is 0.636. The number of hydrogen-bond acceptors (Lipinski definition) is 5. The molecule has 3 unspecified atom stereocenters. The van der Waals surface area contributed by atoms with Crippen LogP contribution in [0.5, 0.6) is 0 Å². The minimum Gasteiger partial charge on any atom is -0.479 e. The van der Waals surface area contributed by atoms with E-state index in [2.05, 4.69) is 10.3 Å². The second kappa shape index (κ2) is 5.57. The van der Waals surface area contributed by atoms with Gasteiger partial charge in [-0.05, 0) is 19.8 Å². The molecule has 5 nitrogen and oxygen atoms in total. The minimum absolute atomic E-state index is 0.00138. The first-order valence-electron chi connectivity index (χ1n) is 5.68. The summed E-state index contributed by atoms with van der Waals surface area (Å²) in [4.78, 5) is 14.9. The third-order valence-electron chi connectivity index (χ3n) is 2.86. The van der Waals surface area contributed by atoms with Crippen LogP contribution in [-0.2, 0) is 9.53 Å². The van der Waals surface area contributed by atoms with Gasteiger partial charge in [0.1, 0.15) is 5.01 Å². The molecule has 0 aliphatic carbocycles. The van der Waals surface area contributed by atoms with Gasteiger partial charge in [0.05, 0.1) is 12.1 Å². The molecule has 3 atom stereocenters. The Bertz CT molecular complexity index is 369. The summed E-state index contributed by atoms with van der Waals surface area (Å²) in [6, 6.07) is 0.183. The van der Waals surface area contributed by atoms with E-state index in [4.69, 9.17) is 9.84 Å². The van der Waals surface area contributed by atoms with E-state index in [1.165, 1.54) is 0 Å². The summed E-state index contributed by atoms with van der Waals surface area (Å²) in [5.41, 5.74) is 0. The number of nitrogens with one attached hydrogen (secondary N) is 1. The molecule has 1 saturated heterocycles. The van der Waals surface area contributed by atoms with Crippen molar-refractivity contribution in [3.05, 3.63) is 16.6 Å². The number of aromatic nitrogens is 1. The van der Waals surface area contributed by atoms with Crippen LogP contribution >= 0.6 is 11.3 Å². The Kier molecular flexibility index (Phi) is 4.09. The number of nitrogens with zero attached hydrogens (tertiary/aromatic N) is 1. The Balaban J connectivity index is 1.74. The number of aliphatic carboxylic acids is 1. The third kappa shape index (κ3) is 3.24. The van der Waals surface area contributed by atoms with Crippen LogP contribution in [0.1, 0.15) is 30.8 Å². The largest absolute Gasteiger partial charge is 0.479 e. The summed E-state index contributed by atoms with van der Waals surface area (Å²) in [5.74, 6) is -0.861. The molecular weight excluding hydrogens is 240 g/mol. The molecule has 1 fully saturated rings. The van der Waals surface area contributed by atoms with Crippen molar-refractivity contribution in [1.29, 1.82) is 0 Å². The lowest BCUT2D eigenvalue weighted by Crippen LogP contribution is -2.30. The Labute approximate surface area is 104 Å². The minimum atomic E-state index is -0.861. The summed E-state index contributed by atoms with van der Waals surface area (Å²) in [5, 5.41) is 15.1. The fourth-order valence-corrected chi connectivity index (χ4v) is 2.55. The van der Waals surface area contributed by atoms with Crippen molar-refractivity contribution in [3.8, 4) is 0 Å². The average Bonchev–Trinajstić information content (AvgIpc) is 2.97. The Morgan fingerprint density at radius 1 is 1.76 bits per heavy atom. The summed E-state index contributed by atoms with van der Waals surface area (Å²) in [6.07, 6.45) is 2.56. The SMILES string of the molecule is CC(NCC1CCC(C(=O)O)O1)c1nccs1. The summed E-state index contributed by atoms with van der Waals surface area (Å²) in [7, 11) is 0. The molecule has 1 aliphatic rings. The number of carboxylic acid groups (broad SMARTS) is 1. The maximum absolute atomic E-state index is 10.7. The van der Waals surface area contributed by atoms with Crippen LogP contribution in [0.15, 0.2) is 11.6 Å². The van der Waals surface area contributed by atoms with E-state index in [0.29, 0.717) is 13.0 Å². The van der Waals surface area contributed by atoms with Gasteiger partial charge < -0.3 is 15.2 Å². The molecule has 1 aliphatic heterocycles. The van der Waals surface area contributed by atoms with Crippen molar-refractivity contribution in [2.45, 2.75) is 38.0 Å². The smallest absolute Gasteiger partial charge is 0.332 e. The van der Waals surface area contributed by atoms with Crippen LogP contribution in [0, 0.1) is 0 Å². The second-order valence-electron chi connectivity index (χ2n) is 4.16. The molecule has 1 aromatic rings. The van der Waals surface area contributed by atoms with E-state index in [1.54, 1.807) is 17.5 Å². The molecule has 94 valence electrons. The van der Waals surface area contributed by atoms with E-state index in [1.807, 2.05) is 12.3 Å². The predicted octanol–water partition coefficient (Wildman–Crippen LogP) is 1.43. The molecule has 0 amide bonds. The van der Waals surface area contributed by atoms with Crippen molar-refractivity contribution in [3.63, 3.8) is 0 Å². The van der Waals surface area contributed by atoms with Crippen molar-refractivity contribution in [1.82, 2.24) is 10.3 Å². The third-order valence-corrected chi connectivity index (χ3v) is 3.81. The monoisotopic (exact) mass is 256 g/mol. The first-order valence-corrected chi connectivity index (χ1v) is 6.56. The lowest BCUT2D eigenvalue weighted by atomic mass is 10.2. The number of hydrogen-bond donors (Lipinski definition) is 2. The van der Waals surface area contributed by atoms with E-state index in [0.717, 1.165) is 11.4 Å². The molecular formula is C11H16N2O3S. The topological polar surface area (TPSA) is 71.5 Å². The Morgan fingerprint density at radius 2 is 2.59 bits per heavy atom. The molecule has 17 heavy (non-hydrogen) atoms. The van der Waals surface area contributed by atoms with Crippen molar-refractivity contribution in [2.24, 2.45) is 0 Å². The predicted molar refractivity (Wildman–Crippen MR) is 64.1 cm³/mol. The van der Waals surface area contributed by atoms with Gasteiger partial charge >= 0.3 is 5.97 Å². The van der Waals surface area contributed by atoms with Gasteiger partial charge in [-0.15, -0.1) is 11.3 Å². The second-order valence-corrected chi connectivity index (χ2v) is 5.09. The summed E-state index contributed by atoms with van der Waals surface area (Å²) >= 11 is 1.61. The molecule has 0 aromatic carbocycles. The van der Waals surface area contributed by atoms with E-state index >= 15 is 0 Å². The standard InChI is InChI=1S/C11H16N2O3S/c1-7(10-12-4-5-17-10)13-6-8-2-3-9(16-8)11(14)15/h4-5,7-9,13H,2-3,6H2,1H3,(H,14,15). The number of carboxylic acids is 1. The van der Waals surface area contributed by atoms with Gasteiger partial charge in [0.2, 0.25) is 0 Å². The van der Waals surface area contributed by atoms with Crippen LogP contribution < -0.4 is 5.32 Å². The van der Waals surface area contributed by atoms with Gasteiger partial charge in [0.15, 0.2) is 6.10 Å². The summed E-state index contributed by atoms with van der Waals surface area (Å²) in [6.45, 7) is 2.72. The zero-order valence-corrected chi connectivity index (χ0v) is 10.4. The van der Waals surface area contributed by atoms with Crippen LogP contribution in [0.25, 0.3) is 0 Å². The number of thiazole rings is 1. The quantitative estimate of drug-likeness (QED) is 0.833. The van der Waals surface area contributed by atoms with Crippen molar-refractivity contribution >= 4 is 17.3 Å². The zero-order chi connectivity index (χ0) is 12.3. The van der Waals surface area contributed by atoms with Gasteiger partial charge in [-0.3, -0.25) is 0 Å². The van der Waals surface area contributed by atoms with E-state index in [-0.39, 0.29) is 12.1 Å². The van der Waals surface area contributed by atoms with Gasteiger partial charge in [-0.1, -0.05) is 0 Å². The van der Waals surface area contributed by atoms with Crippen LogP contribution in [0.3, 0.4) is 0 Å². The molecule has 0 spiro atoms. The molecule has 2 heterocycles. The lowest BCUT2D eigenvalue weighted by Gasteiger charge is -2.15. The van der Waals surface area contributed by atoms with Crippen molar-refractivity contribution < 1.29 is 14.6 Å². The molecule has 2 N–H and O–H groups in total. The van der Waals surface area contributed by atoms with Gasteiger partial charge in [0.25, 0.3) is 0 Å². The lowest BCUT2D eigenvalue weighted by molar-refractivity contribution is -0.149. The molecule has 0 radical (unpaired) electrons.